The third-order valence-corrected chi connectivity index (χ3v) is 3.75. The van der Waals surface area contributed by atoms with Crippen LogP contribution in [0.3, 0.4) is 0 Å². The van der Waals surface area contributed by atoms with E-state index in [9.17, 15) is 0 Å². The molecule has 3 heteroatoms. The van der Waals surface area contributed by atoms with Crippen LogP contribution < -0.4 is 0 Å². The molecule has 2 heterocycles. The number of hydrogen-bond acceptors (Lipinski definition) is 2. The second-order valence-electron chi connectivity index (χ2n) is 4.87. The summed E-state index contributed by atoms with van der Waals surface area (Å²) >= 11 is 5.78. The zero-order valence-corrected chi connectivity index (χ0v) is 11.3. The molecule has 1 unspecified atom stereocenters. The maximum atomic E-state index is 5.78. The van der Waals surface area contributed by atoms with Gasteiger partial charge in [-0.1, -0.05) is 6.07 Å². The zero-order valence-electron chi connectivity index (χ0n) is 10.5. The largest absolute Gasteiger partial charge is 0.295 e. The molecule has 1 aromatic heterocycles. The summed E-state index contributed by atoms with van der Waals surface area (Å²) in [6.07, 6.45) is 5.00. The molecule has 0 N–H and O–H groups in total. The number of nitrogens with zero attached hydrogens (tertiary/aromatic N) is 2. The van der Waals surface area contributed by atoms with E-state index in [4.69, 9.17) is 11.6 Å². The van der Waals surface area contributed by atoms with Crippen LogP contribution in [0, 0.1) is 6.92 Å². The third kappa shape index (κ3) is 3.68. The Morgan fingerprint density at radius 2 is 2.35 bits per heavy atom. The lowest BCUT2D eigenvalue weighted by molar-refractivity contribution is 0.231. The summed E-state index contributed by atoms with van der Waals surface area (Å²) in [4.78, 5) is 7.15. The van der Waals surface area contributed by atoms with Crippen molar-refractivity contribution in [3.8, 4) is 0 Å². The second kappa shape index (κ2) is 6.36. The maximum absolute atomic E-state index is 5.78. The number of aromatic nitrogens is 1. The van der Waals surface area contributed by atoms with E-state index in [1.54, 1.807) is 0 Å². The smallest absolute Gasteiger partial charge is 0.0547 e. The van der Waals surface area contributed by atoms with Crippen LogP contribution in [0.25, 0.3) is 0 Å². The quantitative estimate of drug-likeness (QED) is 0.747. The van der Waals surface area contributed by atoms with Crippen LogP contribution in [0.4, 0.5) is 0 Å². The van der Waals surface area contributed by atoms with Crippen LogP contribution in [0.2, 0.25) is 0 Å². The minimum Gasteiger partial charge on any atom is -0.295 e. The lowest BCUT2D eigenvalue weighted by Gasteiger charge is -2.23. The van der Waals surface area contributed by atoms with Crippen molar-refractivity contribution >= 4 is 11.6 Å². The van der Waals surface area contributed by atoms with Crippen LogP contribution in [0.15, 0.2) is 18.2 Å². The highest BCUT2D eigenvalue weighted by Gasteiger charge is 2.23. The molecule has 17 heavy (non-hydrogen) atoms. The number of halogens is 1. The molecule has 0 saturated carbocycles. The normalized spacial score (nSPS) is 20.9. The Morgan fingerprint density at radius 1 is 1.47 bits per heavy atom. The van der Waals surface area contributed by atoms with Gasteiger partial charge in [0.1, 0.15) is 0 Å². The molecule has 0 radical (unpaired) electrons. The number of rotatable bonds is 5. The first-order valence-corrected chi connectivity index (χ1v) is 7.05. The summed E-state index contributed by atoms with van der Waals surface area (Å²) in [6, 6.07) is 7.00. The average Bonchev–Trinajstić information content (AvgIpc) is 2.74. The molecule has 1 aliphatic rings. The van der Waals surface area contributed by atoms with Gasteiger partial charge in [-0.2, -0.15) is 0 Å². The highest BCUT2D eigenvalue weighted by molar-refractivity contribution is 6.17. The molecular formula is C14H21ClN2. The maximum Gasteiger partial charge on any atom is 0.0547 e. The van der Waals surface area contributed by atoms with Crippen LogP contribution >= 0.6 is 11.6 Å². The molecule has 2 nitrogen and oxygen atoms in total. The number of alkyl halides is 1. The van der Waals surface area contributed by atoms with Gasteiger partial charge in [0.05, 0.1) is 5.69 Å². The molecule has 1 saturated heterocycles. The first-order chi connectivity index (χ1) is 8.29. The zero-order chi connectivity index (χ0) is 12.1. The summed E-state index contributed by atoms with van der Waals surface area (Å²) in [5.74, 6) is 0.785. The summed E-state index contributed by atoms with van der Waals surface area (Å²) < 4.78 is 0. The summed E-state index contributed by atoms with van der Waals surface area (Å²) in [5.41, 5.74) is 2.31. The minimum absolute atomic E-state index is 0.719. The van der Waals surface area contributed by atoms with E-state index in [-0.39, 0.29) is 0 Å². The highest BCUT2D eigenvalue weighted by Crippen LogP contribution is 2.23. The minimum atomic E-state index is 0.719. The van der Waals surface area contributed by atoms with Gasteiger partial charge in [-0.25, -0.2) is 0 Å². The third-order valence-electron chi connectivity index (χ3n) is 3.48. The van der Waals surface area contributed by atoms with Crippen LogP contribution in [-0.4, -0.2) is 28.4 Å². The van der Waals surface area contributed by atoms with E-state index in [1.165, 1.54) is 31.5 Å². The molecule has 94 valence electrons. The van der Waals surface area contributed by atoms with Gasteiger partial charge >= 0.3 is 0 Å². The first-order valence-electron chi connectivity index (χ1n) is 6.52. The van der Waals surface area contributed by atoms with E-state index >= 15 is 0 Å². The van der Waals surface area contributed by atoms with Gasteiger partial charge in [0.25, 0.3) is 0 Å². The predicted molar refractivity (Wildman–Crippen MR) is 72.4 cm³/mol. The number of pyridine rings is 1. The van der Waals surface area contributed by atoms with Crippen LogP contribution in [0.5, 0.6) is 0 Å². The van der Waals surface area contributed by atoms with E-state index in [2.05, 4.69) is 35.0 Å². The lowest BCUT2D eigenvalue weighted by Crippen LogP contribution is -2.29. The van der Waals surface area contributed by atoms with Gasteiger partial charge in [-0.15, -0.1) is 11.6 Å². The monoisotopic (exact) mass is 252 g/mol. The summed E-state index contributed by atoms with van der Waals surface area (Å²) in [6.45, 7) is 4.26. The summed E-state index contributed by atoms with van der Waals surface area (Å²) in [7, 11) is 0. The average molecular weight is 253 g/mol. The number of aryl methyl sites for hydroxylation is 1. The highest BCUT2D eigenvalue weighted by atomic mass is 35.5. The standard InChI is InChI=1S/C14H21ClN2/c1-12-5-2-6-13(16-12)11-17-10-4-8-14(17)7-3-9-15/h2,5-6,14H,3-4,7-11H2,1H3. The van der Waals surface area contributed by atoms with E-state index in [0.717, 1.165) is 30.6 Å². The molecule has 1 aliphatic heterocycles. The van der Waals surface area contributed by atoms with Crippen molar-refractivity contribution in [2.75, 3.05) is 12.4 Å². The Balaban J connectivity index is 1.93. The van der Waals surface area contributed by atoms with Crippen molar-refractivity contribution in [2.24, 2.45) is 0 Å². The van der Waals surface area contributed by atoms with E-state index in [0.29, 0.717) is 0 Å². The Kier molecular flexibility index (Phi) is 4.81. The lowest BCUT2D eigenvalue weighted by atomic mass is 10.1. The van der Waals surface area contributed by atoms with E-state index < -0.39 is 0 Å². The molecule has 2 rings (SSSR count). The van der Waals surface area contributed by atoms with Gasteiger partial charge in [-0.3, -0.25) is 9.88 Å². The Labute approximate surface area is 109 Å². The van der Waals surface area contributed by atoms with Crippen molar-refractivity contribution in [3.63, 3.8) is 0 Å². The predicted octanol–water partition coefficient (Wildman–Crippen LogP) is 3.37. The molecule has 0 amide bonds. The fourth-order valence-electron chi connectivity index (χ4n) is 2.64. The Morgan fingerprint density at radius 3 is 3.12 bits per heavy atom. The molecule has 1 fully saturated rings. The molecular weight excluding hydrogens is 232 g/mol. The van der Waals surface area contributed by atoms with Gasteiger partial charge < -0.3 is 0 Å². The number of hydrogen-bond donors (Lipinski definition) is 0. The van der Waals surface area contributed by atoms with Crippen molar-refractivity contribution < 1.29 is 0 Å². The molecule has 0 spiro atoms. The van der Waals surface area contributed by atoms with Crippen LogP contribution in [0.1, 0.15) is 37.1 Å². The topological polar surface area (TPSA) is 16.1 Å². The second-order valence-corrected chi connectivity index (χ2v) is 5.25. The van der Waals surface area contributed by atoms with Gasteiger partial charge in [0.2, 0.25) is 0 Å². The summed E-state index contributed by atoms with van der Waals surface area (Å²) in [5, 5.41) is 0. The van der Waals surface area contributed by atoms with Gasteiger partial charge in [0.15, 0.2) is 0 Å². The fraction of sp³-hybridized carbons (Fsp3) is 0.643. The molecule has 0 aliphatic carbocycles. The van der Waals surface area contributed by atoms with Crippen molar-refractivity contribution in [1.29, 1.82) is 0 Å². The van der Waals surface area contributed by atoms with Crippen LogP contribution in [-0.2, 0) is 6.54 Å². The van der Waals surface area contributed by atoms with Gasteiger partial charge in [0, 0.05) is 24.2 Å². The molecule has 0 bridgehead atoms. The Hall–Kier alpha value is -0.600. The molecule has 1 atom stereocenters. The SMILES string of the molecule is Cc1cccc(CN2CCCC2CCCCl)n1. The fourth-order valence-corrected chi connectivity index (χ4v) is 2.79. The van der Waals surface area contributed by atoms with Gasteiger partial charge in [-0.05, 0) is 51.3 Å². The van der Waals surface area contributed by atoms with Crippen molar-refractivity contribution in [1.82, 2.24) is 9.88 Å². The van der Waals surface area contributed by atoms with E-state index in [1.807, 2.05) is 0 Å². The van der Waals surface area contributed by atoms with Crippen molar-refractivity contribution in [3.05, 3.63) is 29.6 Å². The Bertz CT molecular complexity index is 354. The molecule has 1 aromatic rings. The first kappa shape index (κ1) is 12.8. The molecule has 0 aromatic carbocycles. The van der Waals surface area contributed by atoms with Crippen molar-refractivity contribution in [2.45, 2.75) is 45.2 Å². The number of likely N-dealkylation sites (tertiary alicyclic amines) is 1.